The van der Waals surface area contributed by atoms with E-state index in [4.69, 9.17) is 4.74 Å². The fraction of sp³-hybridized carbons (Fsp3) is 0.682. The molecule has 0 aromatic heterocycles. The molecule has 148 valence electrons. The van der Waals surface area contributed by atoms with Crippen molar-refractivity contribution >= 4 is 5.91 Å². The van der Waals surface area contributed by atoms with Gasteiger partial charge in [0.05, 0.1) is 6.54 Å². The summed E-state index contributed by atoms with van der Waals surface area (Å²) in [6.45, 7) is 4.34. The van der Waals surface area contributed by atoms with Crippen molar-refractivity contribution in [1.82, 2.24) is 15.1 Å². The molecule has 0 radical (unpaired) electrons. The molecule has 2 heterocycles. The van der Waals surface area contributed by atoms with E-state index < -0.39 is 0 Å². The third kappa shape index (κ3) is 3.91. The Hall–Kier alpha value is -1.43. The van der Waals surface area contributed by atoms with Gasteiger partial charge in [-0.3, -0.25) is 9.69 Å². The summed E-state index contributed by atoms with van der Waals surface area (Å²) >= 11 is 0. The number of ether oxygens (including phenoxy) is 1. The Kier molecular flexibility index (Phi) is 5.53. The predicted octanol–water partition coefficient (Wildman–Crippen LogP) is 2.32. The van der Waals surface area contributed by atoms with Crippen molar-refractivity contribution in [3.8, 4) is 0 Å². The summed E-state index contributed by atoms with van der Waals surface area (Å²) in [7, 11) is 3.68. The molecule has 0 bridgehead atoms. The number of nitrogens with one attached hydrogen (secondary N) is 1. The quantitative estimate of drug-likeness (QED) is 0.882. The molecule has 1 N–H and O–H groups in total. The van der Waals surface area contributed by atoms with Crippen molar-refractivity contribution in [3.05, 3.63) is 35.4 Å². The molecule has 2 aliphatic heterocycles. The van der Waals surface area contributed by atoms with E-state index in [1.54, 1.807) is 10.5 Å². The van der Waals surface area contributed by atoms with Gasteiger partial charge in [0.25, 0.3) is 0 Å². The molecule has 4 rings (SSSR count). The number of amides is 1. The number of nitrogens with zero attached hydrogens (tertiary/aromatic N) is 2. The van der Waals surface area contributed by atoms with E-state index in [2.05, 4.69) is 34.5 Å². The predicted molar refractivity (Wildman–Crippen MR) is 107 cm³/mol. The van der Waals surface area contributed by atoms with Crippen LogP contribution < -0.4 is 5.32 Å². The van der Waals surface area contributed by atoms with Crippen LogP contribution in [0.5, 0.6) is 0 Å². The number of benzene rings is 1. The number of likely N-dealkylation sites (tertiary alicyclic amines) is 1. The maximum absolute atomic E-state index is 12.1. The second-order valence-corrected chi connectivity index (χ2v) is 8.74. The Bertz CT molecular complexity index is 661. The Morgan fingerprint density at radius 2 is 1.93 bits per heavy atom. The van der Waals surface area contributed by atoms with Crippen LogP contribution >= 0.6 is 0 Å². The number of likely N-dealkylation sites (N-methyl/N-ethyl adjacent to an activating group) is 1. The molecule has 1 aliphatic carbocycles. The summed E-state index contributed by atoms with van der Waals surface area (Å²) in [5.41, 5.74) is 3.33. The summed E-state index contributed by atoms with van der Waals surface area (Å²) < 4.78 is 5.53. The lowest BCUT2D eigenvalue weighted by Gasteiger charge is -2.40. The van der Waals surface area contributed by atoms with E-state index in [1.807, 2.05) is 14.1 Å². The summed E-state index contributed by atoms with van der Waals surface area (Å²) in [6.07, 6.45) is 5.73. The fourth-order valence-corrected chi connectivity index (χ4v) is 5.14. The molecule has 5 heteroatoms. The lowest BCUT2D eigenvalue weighted by Crippen LogP contribution is -2.46. The minimum Gasteiger partial charge on any atom is -0.381 e. The van der Waals surface area contributed by atoms with Gasteiger partial charge in [0.15, 0.2) is 0 Å². The number of piperidine rings is 1. The SMILES string of the molecule is CN(C)C(=O)CN1CCC2(CC1)C[C@H](NC1CCOCC1)c1ccccc12. The third-order valence-electron chi connectivity index (χ3n) is 6.83. The zero-order valence-corrected chi connectivity index (χ0v) is 16.7. The normalized spacial score (nSPS) is 25.5. The van der Waals surface area contributed by atoms with Crippen LogP contribution in [0.2, 0.25) is 0 Å². The molecule has 2 saturated heterocycles. The molecule has 1 aromatic carbocycles. The molecule has 0 unspecified atom stereocenters. The first-order valence-corrected chi connectivity index (χ1v) is 10.4. The summed E-state index contributed by atoms with van der Waals surface area (Å²) in [5, 5.41) is 3.95. The van der Waals surface area contributed by atoms with E-state index in [-0.39, 0.29) is 11.3 Å². The Morgan fingerprint density at radius 1 is 1.22 bits per heavy atom. The number of hydrogen-bond donors (Lipinski definition) is 1. The van der Waals surface area contributed by atoms with Crippen LogP contribution in [-0.2, 0) is 14.9 Å². The van der Waals surface area contributed by atoms with E-state index >= 15 is 0 Å². The van der Waals surface area contributed by atoms with Gasteiger partial charge in [-0.15, -0.1) is 0 Å². The van der Waals surface area contributed by atoms with Crippen LogP contribution in [0.3, 0.4) is 0 Å². The molecule has 3 aliphatic rings. The molecule has 2 fully saturated rings. The highest BCUT2D eigenvalue weighted by Crippen LogP contribution is 2.50. The van der Waals surface area contributed by atoms with Gasteiger partial charge in [-0.05, 0) is 61.7 Å². The van der Waals surface area contributed by atoms with E-state index in [0.717, 1.165) is 52.0 Å². The summed E-state index contributed by atoms with van der Waals surface area (Å²) in [6, 6.07) is 10.1. The molecule has 1 aromatic rings. The molecule has 1 spiro atoms. The van der Waals surface area contributed by atoms with Crippen LogP contribution in [0.1, 0.15) is 49.3 Å². The lowest BCUT2D eigenvalue weighted by molar-refractivity contribution is -0.130. The Balaban J connectivity index is 1.45. The van der Waals surface area contributed by atoms with Gasteiger partial charge in [0.2, 0.25) is 5.91 Å². The van der Waals surface area contributed by atoms with Crippen LogP contribution in [-0.4, -0.2) is 68.7 Å². The number of rotatable bonds is 4. The minimum atomic E-state index is 0.205. The van der Waals surface area contributed by atoms with Gasteiger partial charge in [-0.2, -0.15) is 0 Å². The van der Waals surface area contributed by atoms with Crippen molar-refractivity contribution in [2.45, 2.75) is 49.6 Å². The van der Waals surface area contributed by atoms with Crippen molar-refractivity contribution in [3.63, 3.8) is 0 Å². The third-order valence-corrected chi connectivity index (χ3v) is 6.83. The van der Waals surface area contributed by atoms with Crippen LogP contribution in [0, 0.1) is 0 Å². The average Bonchev–Trinajstić information content (AvgIpc) is 2.98. The second kappa shape index (κ2) is 7.90. The monoisotopic (exact) mass is 371 g/mol. The molecule has 27 heavy (non-hydrogen) atoms. The van der Waals surface area contributed by atoms with Gasteiger partial charge in [0.1, 0.15) is 0 Å². The van der Waals surface area contributed by atoms with E-state index in [9.17, 15) is 4.79 Å². The molecule has 1 atom stereocenters. The summed E-state index contributed by atoms with van der Waals surface area (Å²) in [4.78, 5) is 16.1. The fourth-order valence-electron chi connectivity index (χ4n) is 5.14. The first-order valence-electron chi connectivity index (χ1n) is 10.4. The molecular formula is C22H33N3O2. The molecule has 0 saturated carbocycles. The number of fused-ring (bicyclic) bond motifs is 2. The average molecular weight is 372 g/mol. The van der Waals surface area contributed by atoms with Gasteiger partial charge < -0.3 is 15.0 Å². The van der Waals surface area contributed by atoms with Crippen LogP contribution in [0.25, 0.3) is 0 Å². The van der Waals surface area contributed by atoms with Crippen molar-refractivity contribution in [1.29, 1.82) is 0 Å². The topological polar surface area (TPSA) is 44.8 Å². The number of hydrogen-bond acceptors (Lipinski definition) is 4. The number of carbonyl (C=O) groups is 1. The molecule has 5 nitrogen and oxygen atoms in total. The van der Waals surface area contributed by atoms with Gasteiger partial charge in [-0.1, -0.05) is 24.3 Å². The maximum atomic E-state index is 12.1. The molecule has 1 amide bonds. The van der Waals surface area contributed by atoms with Gasteiger partial charge >= 0.3 is 0 Å². The van der Waals surface area contributed by atoms with Gasteiger partial charge in [0, 0.05) is 39.4 Å². The highest BCUT2D eigenvalue weighted by atomic mass is 16.5. The zero-order valence-electron chi connectivity index (χ0n) is 16.7. The Morgan fingerprint density at radius 3 is 2.63 bits per heavy atom. The summed E-state index contributed by atoms with van der Waals surface area (Å²) in [5.74, 6) is 0.205. The van der Waals surface area contributed by atoms with Crippen molar-refractivity contribution < 1.29 is 9.53 Å². The van der Waals surface area contributed by atoms with Crippen molar-refractivity contribution in [2.75, 3.05) is 46.9 Å². The van der Waals surface area contributed by atoms with Gasteiger partial charge in [-0.25, -0.2) is 0 Å². The Labute approximate surface area is 163 Å². The second-order valence-electron chi connectivity index (χ2n) is 8.74. The largest absolute Gasteiger partial charge is 0.381 e. The van der Waals surface area contributed by atoms with Crippen LogP contribution in [0.15, 0.2) is 24.3 Å². The first kappa shape index (κ1) is 18.9. The lowest BCUT2D eigenvalue weighted by atomic mass is 9.73. The molecular weight excluding hydrogens is 338 g/mol. The standard InChI is InChI=1S/C22H33N3O2/c1-24(2)21(26)16-25-11-9-22(10-12-25)15-20(18-5-3-4-6-19(18)22)23-17-7-13-27-14-8-17/h3-6,17,20,23H,7-16H2,1-2H3/t20-/m0/s1. The smallest absolute Gasteiger partial charge is 0.236 e. The minimum absolute atomic E-state index is 0.205. The van der Waals surface area contributed by atoms with E-state index in [0.29, 0.717) is 18.6 Å². The van der Waals surface area contributed by atoms with Crippen LogP contribution in [0.4, 0.5) is 0 Å². The van der Waals surface area contributed by atoms with E-state index in [1.165, 1.54) is 12.0 Å². The maximum Gasteiger partial charge on any atom is 0.236 e. The number of carbonyl (C=O) groups excluding carboxylic acids is 1. The highest BCUT2D eigenvalue weighted by molar-refractivity contribution is 5.77. The van der Waals surface area contributed by atoms with Crippen molar-refractivity contribution in [2.24, 2.45) is 0 Å². The highest BCUT2D eigenvalue weighted by Gasteiger charge is 2.45. The first-order chi connectivity index (χ1) is 13.1. The zero-order chi connectivity index (χ0) is 18.9.